The lowest BCUT2D eigenvalue weighted by molar-refractivity contribution is -0.153. The van der Waals surface area contributed by atoms with E-state index in [0.717, 1.165) is 5.56 Å². The Labute approximate surface area is 102 Å². The highest BCUT2D eigenvalue weighted by atomic mass is 35.5. The van der Waals surface area contributed by atoms with Gasteiger partial charge in [0.1, 0.15) is 6.42 Å². The zero-order valence-electron chi connectivity index (χ0n) is 8.80. The van der Waals surface area contributed by atoms with E-state index in [1.165, 1.54) is 0 Å². The molecule has 1 unspecified atom stereocenters. The smallest absolute Gasteiger partial charge is 0.354 e. The minimum atomic E-state index is -4.49. The Bertz CT molecular complexity index is 367. The highest BCUT2D eigenvalue weighted by Gasteiger charge is 2.31. The van der Waals surface area contributed by atoms with Crippen molar-refractivity contribution in [2.75, 3.05) is 6.54 Å². The minimum Gasteiger partial charge on any atom is -0.354 e. The van der Waals surface area contributed by atoms with Crippen LogP contribution in [0.25, 0.3) is 0 Å². The van der Waals surface area contributed by atoms with Crippen LogP contribution in [0.5, 0.6) is 0 Å². The molecule has 17 heavy (non-hydrogen) atoms. The molecule has 94 valence electrons. The molecule has 0 fully saturated rings. The summed E-state index contributed by atoms with van der Waals surface area (Å²) < 4.78 is 35.6. The summed E-state index contributed by atoms with van der Waals surface area (Å²) in [5, 5.41) is 1.61. The summed E-state index contributed by atoms with van der Waals surface area (Å²) in [6, 6.07) is 8.82. The SMILES string of the molecule is O=C(CC(F)(F)F)NCC(Cl)c1ccccc1. The van der Waals surface area contributed by atoms with Gasteiger partial charge in [-0.25, -0.2) is 0 Å². The topological polar surface area (TPSA) is 29.1 Å². The van der Waals surface area contributed by atoms with Gasteiger partial charge in [0.15, 0.2) is 0 Å². The highest BCUT2D eigenvalue weighted by molar-refractivity contribution is 6.21. The number of benzene rings is 1. The van der Waals surface area contributed by atoms with Gasteiger partial charge in [0.2, 0.25) is 5.91 Å². The van der Waals surface area contributed by atoms with Gasteiger partial charge in [-0.2, -0.15) is 13.2 Å². The second-order valence-electron chi connectivity index (χ2n) is 3.47. The molecule has 1 rings (SSSR count). The predicted molar refractivity (Wildman–Crippen MR) is 58.7 cm³/mol. The van der Waals surface area contributed by atoms with Crippen LogP contribution >= 0.6 is 11.6 Å². The van der Waals surface area contributed by atoms with Gasteiger partial charge in [0, 0.05) is 6.54 Å². The average Bonchev–Trinajstić information content (AvgIpc) is 2.25. The predicted octanol–water partition coefficient (Wildman–Crippen LogP) is 3.04. The number of carbonyl (C=O) groups is 1. The molecule has 1 aromatic rings. The molecule has 6 heteroatoms. The molecule has 1 N–H and O–H groups in total. The molecule has 0 aliphatic carbocycles. The molecule has 0 aromatic heterocycles. The van der Waals surface area contributed by atoms with E-state index in [1.807, 2.05) is 0 Å². The second kappa shape index (κ2) is 5.91. The van der Waals surface area contributed by atoms with Crippen molar-refractivity contribution in [3.05, 3.63) is 35.9 Å². The number of hydrogen-bond acceptors (Lipinski definition) is 1. The lowest BCUT2D eigenvalue weighted by atomic mass is 10.1. The van der Waals surface area contributed by atoms with Crippen molar-refractivity contribution in [2.24, 2.45) is 0 Å². The highest BCUT2D eigenvalue weighted by Crippen LogP contribution is 2.21. The van der Waals surface area contributed by atoms with Crippen molar-refractivity contribution >= 4 is 17.5 Å². The van der Waals surface area contributed by atoms with E-state index >= 15 is 0 Å². The molecule has 0 bridgehead atoms. The third kappa shape index (κ3) is 5.58. The van der Waals surface area contributed by atoms with E-state index in [1.54, 1.807) is 30.3 Å². The first-order chi connectivity index (χ1) is 7.88. The Morgan fingerprint density at radius 1 is 1.29 bits per heavy atom. The van der Waals surface area contributed by atoms with E-state index in [4.69, 9.17) is 11.6 Å². The van der Waals surface area contributed by atoms with Crippen LogP contribution in [0.3, 0.4) is 0 Å². The van der Waals surface area contributed by atoms with E-state index in [-0.39, 0.29) is 6.54 Å². The first-order valence-electron chi connectivity index (χ1n) is 4.91. The molecule has 0 spiro atoms. The normalized spacial score (nSPS) is 13.2. The van der Waals surface area contributed by atoms with Crippen molar-refractivity contribution in [3.8, 4) is 0 Å². The number of carbonyl (C=O) groups excluding carboxylic acids is 1. The van der Waals surface area contributed by atoms with Crippen LogP contribution in [-0.4, -0.2) is 18.6 Å². The van der Waals surface area contributed by atoms with E-state index in [9.17, 15) is 18.0 Å². The summed E-state index contributed by atoms with van der Waals surface area (Å²) in [6.07, 6.45) is -5.97. The van der Waals surface area contributed by atoms with Gasteiger partial charge >= 0.3 is 6.18 Å². The zero-order chi connectivity index (χ0) is 12.9. The fourth-order valence-corrected chi connectivity index (χ4v) is 1.45. The lowest BCUT2D eigenvalue weighted by Gasteiger charge is -2.12. The van der Waals surface area contributed by atoms with Crippen LogP contribution in [0.1, 0.15) is 17.4 Å². The molecule has 0 saturated carbocycles. The van der Waals surface area contributed by atoms with Crippen molar-refractivity contribution in [3.63, 3.8) is 0 Å². The number of alkyl halides is 4. The number of amides is 1. The minimum absolute atomic E-state index is 0.0273. The van der Waals surface area contributed by atoms with Gasteiger partial charge in [-0.05, 0) is 5.56 Å². The fraction of sp³-hybridized carbons (Fsp3) is 0.364. The number of rotatable bonds is 4. The van der Waals surface area contributed by atoms with Crippen LogP contribution in [0.2, 0.25) is 0 Å². The quantitative estimate of drug-likeness (QED) is 0.833. The fourth-order valence-electron chi connectivity index (χ4n) is 1.23. The van der Waals surface area contributed by atoms with E-state index < -0.39 is 23.9 Å². The average molecular weight is 266 g/mol. The largest absolute Gasteiger partial charge is 0.397 e. The Hall–Kier alpha value is -1.23. The molecule has 0 aliphatic heterocycles. The van der Waals surface area contributed by atoms with Gasteiger partial charge < -0.3 is 5.32 Å². The van der Waals surface area contributed by atoms with Gasteiger partial charge in [-0.1, -0.05) is 30.3 Å². The van der Waals surface area contributed by atoms with Crippen LogP contribution in [0, 0.1) is 0 Å². The molecule has 0 saturated heterocycles. The van der Waals surface area contributed by atoms with E-state index in [0.29, 0.717) is 0 Å². The zero-order valence-corrected chi connectivity index (χ0v) is 9.55. The number of hydrogen-bond donors (Lipinski definition) is 1. The summed E-state index contributed by atoms with van der Waals surface area (Å²) in [7, 11) is 0. The van der Waals surface area contributed by atoms with Crippen molar-refractivity contribution in [1.82, 2.24) is 5.32 Å². The third-order valence-corrected chi connectivity index (χ3v) is 2.41. The van der Waals surface area contributed by atoms with Crippen LogP contribution in [0.4, 0.5) is 13.2 Å². The first kappa shape index (κ1) is 13.8. The molecule has 2 nitrogen and oxygen atoms in total. The van der Waals surface area contributed by atoms with E-state index in [2.05, 4.69) is 5.32 Å². The van der Waals surface area contributed by atoms with Gasteiger partial charge in [-0.3, -0.25) is 4.79 Å². The molecular formula is C11H11ClF3NO. The number of halogens is 4. The molecule has 1 aromatic carbocycles. The standard InChI is InChI=1S/C11H11ClF3NO/c12-9(8-4-2-1-3-5-8)7-16-10(17)6-11(13,14)15/h1-5,9H,6-7H2,(H,16,17). The summed E-state index contributed by atoms with van der Waals surface area (Å²) >= 11 is 5.93. The molecule has 1 atom stereocenters. The van der Waals surface area contributed by atoms with Gasteiger partial charge in [-0.15, -0.1) is 11.6 Å². The third-order valence-electron chi connectivity index (χ3n) is 2.00. The summed E-state index contributed by atoms with van der Waals surface area (Å²) in [5.41, 5.74) is 0.751. The van der Waals surface area contributed by atoms with Crippen molar-refractivity contribution in [1.29, 1.82) is 0 Å². The summed E-state index contributed by atoms with van der Waals surface area (Å²) in [5.74, 6) is -1.07. The maximum atomic E-state index is 11.9. The number of nitrogens with one attached hydrogen (secondary N) is 1. The molecule has 1 amide bonds. The maximum Gasteiger partial charge on any atom is 0.397 e. The Balaban J connectivity index is 2.39. The Kier molecular flexibility index (Phi) is 4.81. The maximum absolute atomic E-state index is 11.9. The van der Waals surface area contributed by atoms with Gasteiger partial charge in [0.25, 0.3) is 0 Å². The van der Waals surface area contributed by atoms with Crippen molar-refractivity contribution < 1.29 is 18.0 Å². The monoisotopic (exact) mass is 265 g/mol. The first-order valence-corrected chi connectivity index (χ1v) is 5.34. The van der Waals surface area contributed by atoms with Crippen LogP contribution in [0.15, 0.2) is 30.3 Å². The Morgan fingerprint density at radius 3 is 2.41 bits per heavy atom. The summed E-state index contributed by atoms with van der Waals surface area (Å²) in [4.78, 5) is 10.9. The van der Waals surface area contributed by atoms with Crippen LogP contribution in [-0.2, 0) is 4.79 Å². The molecule has 0 aliphatic rings. The summed E-state index contributed by atoms with van der Waals surface area (Å²) in [6.45, 7) is -0.0273. The lowest BCUT2D eigenvalue weighted by Crippen LogP contribution is -2.30. The molecule has 0 heterocycles. The second-order valence-corrected chi connectivity index (χ2v) is 4.00. The van der Waals surface area contributed by atoms with Gasteiger partial charge in [0.05, 0.1) is 5.38 Å². The van der Waals surface area contributed by atoms with Crippen molar-refractivity contribution in [2.45, 2.75) is 18.0 Å². The molecule has 0 radical (unpaired) electrons. The Morgan fingerprint density at radius 2 is 1.88 bits per heavy atom. The van der Waals surface area contributed by atoms with Crippen LogP contribution < -0.4 is 5.32 Å². The molecular weight excluding hydrogens is 255 g/mol.